The number of amides is 1. The van der Waals surface area contributed by atoms with E-state index in [1.807, 2.05) is 32.0 Å². The molecule has 0 spiro atoms. The smallest absolute Gasteiger partial charge is 0.264 e. The van der Waals surface area contributed by atoms with E-state index in [-0.39, 0.29) is 23.9 Å². The van der Waals surface area contributed by atoms with Gasteiger partial charge >= 0.3 is 0 Å². The van der Waals surface area contributed by atoms with Crippen molar-refractivity contribution in [2.45, 2.75) is 52.5 Å². The number of halogens is 2. The van der Waals surface area contributed by atoms with Crippen LogP contribution in [0.25, 0.3) is 11.0 Å². The van der Waals surface area contributed by atoms with E-state index in [1.54, 1.807) is 6.92 Å². The highest BCUT2D eigenvalue weighted by Crippen LogP contribution is 2.41. The maximum absolute atomic E-state index is 13.6. The highest BCUT2D eigenvalue weighted by atomic mass is 19.3. The minimum absolute atomic E-state index is 0.0502. The second-order valence-corrected chi connectivity index (χ2v) is 7.47. The third kappa shape index (κ3) is 3.37. The Bertz CT molecular complexity index is 1050. The monoisotopic (exact) mass is 384 g/mol. The number of fused-ring (bicyclic) bond motifs is 1. The van der Waals surface area contributed by atoms with Crippen molar-refractivity contribution in [2.75, 3.05) is 5.32 Å². The van der Waals surface area contributed by atoms with Crippen LogP contribution in [-0.2, 0) is 11.3 Å². The molecule has 146 valence electrons. The number of carbonyl (C=O) groups is 1. The second kappa shape index (κ2) is 6.96. The molecule has 0 radical (unpaired) electrons. The summed E-state index contributed by atoms with van der Waals surface area (Å²) in [6.45, 7) is 5.44. The van der Waals surface area contributed by atoms with Gasteiger partial charge in [0.25, 0.3) is 6.43 Å². The first-order chi connectivity index (χ1) is 13.3. The fraction of sp³-hybridized carbons (Fsp3) is 0.381. The number of alkyl halides is 2. The molecule has 0 saturated heterocycles. The van der Waals surface area contributed by atoms with Crippen LogP contribution in [0.5, 0.6) is 0 Å². The Morgan fingerprint density at radius 1 is 1.25 bits per heavy atom. The van der Waals surface area contributed by atoms with E-state index in [4.69, 9.17) is 0 Å². The van der Waals surface area contributed by atoms with Crippen LogP contribution in [0.3, 0.4) is 0 Å². The zero-order valence-electron chi connectivity index (χ0n) is 16.1. The number of para-hydroxylation sites is 1. The summed E-state index contributed by atoms with van der Waals surface area (Å²) in [5, 5.41) is 7.60. The van der Waals surface area contributed by atoms with Crippen LogP contribution in [0, 0.1) is 20.8 Å². The van der Waals surface area contributed by atoms with E-state index >= 15 is 0 Å². The van der Waals surface area contributed by atoms with Gasteiger partial charge in [-0.1, -0.05) is 18.2 Å². The van der Waals surface area contributed by atoms with Gasteiger partial charge in [0, 0.05) is 22.9 Å². The summed E-state index contributed by atoms with van der Waals surface area (Å²) in [5.41, 5.74) is 4.12. The Labute approximate surface area is 161 Å². The number of pyridine rings is 1. The molecule has 0 unspecified atom stereocenters. The van der Waals surface area contributed by atoms with Crippen molar-refractivity contribution in [3.05, 3.63) is 52.3 Å². The molecule has 1 fully saturated rings. The topological polar surface area (TPSA) is 59.8 Å². The van der Waals surface area contributed by atoms with Crippen LogP contribution in [-0.4, -0.2) is 20.7 Å². The summed E-state index contributed by atoms with van der Waals surface area (Å²) in [4.78, 5) is 17.2. The summed E-state index contributed by atoms with van der Waals surface area (Å²) in [6, 6.07) is 7.28. The SMILES string of the molecule is Cc1cccc(C)c1NC(=O)Cn1nc(C)c2c(C(F)F)cc(C3CC3)nc21. The molecule has 2 aromatic heterocycles. The van der Waals surface area contributed by atoms with Gasteiger partial charge in [-0.15, -0.1) is 0 Å². The van der Waals surface area contributed by atoms with Crippen molar-refractivity contribution in [1.82, 2.24) is 14.8 Å². The van der Waals surface area contributed by atoms with Gasteiger partial charge in [0.15, 0.2) is 5.65 Å². The Balaban J connectivity index is 1.70. The van der Waals surface area contributed by atoms with E-state index in [0.29, 0.717) is 22.4 Å². The van der Waals surface area contributed by atoms with Crippen molar-refractivity contribution < 1.29 is 13.6 Å². The van der Waals surface area contributed by atoms with Gasteiger partial charge in [0.05, 0.1) is 11.1 Å². The lowest BCUT2D eigenvalue weighted by Gasteiger charge is -2.12. The average molecular weight is 384 g/mol. The number of carbonyl (C=O) groups excluding carboxylic acids is 1. The van der Waals surface area contributed by atoms with Crippen LogP contribution in [0.1, 0.15) is 53.3 Å². The highest BCUT2D eigenvalue weighted by molar-refractivity contribution is 5.93. The number of aromatic nitrogens is 3. The number of hydrogen-bond acceptors (Lipinski definition) is 3. The molecule has 0 bridgehead atoms. The highest BCUT2D eigenvalue weighted by Gasteiger charge is 2.29. The molecule has 4 rings (SSSR count). The predicted octanol–water partition coefficient (Wildman–Crippen LogP) is 4.81. The molecular weight excluding hydrogens is 362 g/mol. The van der Waals surface area contributed by atoms with Crippen LogP contribution in [0.4, 0.5) is 14.5 Å². The fourth-order valence-corrected chi connectivity index (χ4v) is 3.60. The van der Waals surface area contributed by atoms with Crippen LogP contribution < -0.4 is 5.32 Å². The number of hydrogen-bond donors (Lipinski definition) is 1. The van der Waals surface area contributed by atoms with Gasteiger partial charge in [-0.3, -0.25) is 4.79 Å². The second-order valence-electron chi connectivity index (χ2n) is 7.47. The van der Waals surface area contributed by atoms with Crippen LogP contribution >= 0.6 is 0 Å². The first kappa shape index (κ1) is 18.5. The number of benzene rings is 1. The lowest BCUT2D eigenvalue weighted by atomic mass is 10.1. The van der Waals surface area contributed by atoms with Crippen molar-refractivity contribution >= 4 is 22.6 Å². The molecule has 1 N–H and O–H groups in total. The Hall–Kier alpha value is -2.83. The van der Waals surface area contributed by atoms with Gasteiger partial charge < -0.3 is 5.32 Å². The largest absolute Gasteiger partial charge is 0.324 e. The summed E-state index contributed by atoms with van der Waals surface area (Å²) in [5.74, 6) is -0.0342. The lowest BCUT2D eigenvalue weighted by molar-refractivity contribution is -0.116. The summed E-state index contributed by atoms with van der Waals surface area (Å²) in [6.07, 6.45) is -0.689. The molecule has 1 saturated carbocycles. The number of aryl methyl sites for hydroxylation is 3. The molecule has 28 heavy (non-hydrogen) atoms. The van der Waals surface area contributed by atoms with Crippen molar-refractivity contribution in [1.29, 1.82) is 0 Å². The van der Waals surface area contributed by atoms with Gasteiger partial charge in [-0.05, 0) is 50.8 Å². The number of nitrogens with zero attached hydrogens (tertiary/aromatic N) is 3. The van der Waals surface area contributed by atoms with E-state index in [1.165, 1.54) is 10.7 Å². The Kier molecular flexibility index (Phi) is 4.61. The average Bonchev–Trinajstić information content (AvgIpc) is 3.44. The van der Waals surface area contributed by atoms with E-state index in [9.17, 15) is 13.6 Å². The normalized spacial score (nSPS) is 14.1. The lowest BCUT2D eigenvalue weighted by Crippen LogP contribution is -2.21. The van der Waals surface area contributed by atoms with Gasteiger partial charge in [0.2, 0.25) is 5.91 Å². The number of nitrogens with one attached hydrogen (secondary N) is 1. The molecule has 1 aliphatic carbocycles. The standard InChI is InChI=1S/C21H22F2N4O/c1-11-5-4-6-12(2)19(11)25-17(28)10-27-21-18(13(3)26-27)15(20(22)23)9-16(24-21)14-7-8-14/h4-6,9,14,20H,7-8,10H2,1-3H3,(H,25,28). The molecule has 5 nitrogen and oxygen atoms in total. The predicted molar refractivity (Wildman–Crippen MR) is 104 cm³/mol. The summed E-state index contributed by atoms with van der Waals surface area (Å²) < 4.78 is 28.7. The molecular formula is C21H22F2N4O. The number of rotatable bonds is 5. The van der Waals surface area contributed by atoms with E-state index in [0.717, 1.165) is 29.7 Å². The number of anilines is 1. The van der Waals surface area contributed by atoms with Gasteiger partial charge in [0.1, 0.15) is 6.54 Å². The molecule has 0 aliphatic heterocycles. The third-order valence-corrected chi connectivity index (χ3v) is 5.20. The maximum Gasteiger partial charge on any atom is 0.264 e. The fourth-order valence-electron chi connectivity index (χ4n) is 3.60. The Morgan fingerprint density at radius 2 is 1.93 bits per heavy atom. The van der Waals surface area contributed by atoms with Crippen molar-refractivity contribution in [3.8, 4) is 0 Å². The van der Waals surface area contributed by atoms with Crippen molar-refractivity contribution in [2.24, 2.45) is 0 Å². The van der Waals surface area contributed by atoms with Gasteiger partial charge in [-0.25, -0.2) is 18.4 Å². The quantitative estimate of drug-likeness (QED) is 0.687. The van der Waals surface area contributed by atoms with Crippen LogP contribution in [0.2, 0.25) is 0 Å². The molecule has 1 aliphatic rings. The molecule has 1 aromatic carbocycles. The zero-order valence-corrected chi connectivity index (χ0v) is 16.1. The Morgan fingerprint density at radius 3 is 2.54 bits per heavy atom. The van der Waals surface area contributed by atoms with Gasteiger partial charge in [-0.2, -0.15) is 5.10 Å². The third-order valence-electron chi connectivity index (χ3n) is 5.20. The maximum atomic E-state index is 13.6. The van der Waals surface area contributed by atoms with Crippen molar-refractivity contribution in [3.63, 3.8) is 0 Å². The molecule has 1 amide bonds. The first-order valence-corrected chi connectivity index (χ1v) is 9.37. The van der Waals surface area contributed by atoms with E-state index in [2.05, 4.69) is 15.4 Å². The molecule has 2 heterocycles. The molecule has 3 aromatic rings. The minimum Gasteiger partial charge on any atom is -0.324 e. The zero-order chi connectivity index (χ0) is 20.0. The summed E-state index contributed by atoms with van der Waals surface area (Å²) in [7, 11) is 0. The minimum atomic E-state index is -2.61. The first-order valence-electron chi connectivity index (χ1n) is 9.37. The van der Waals surface area contributed by atoms with Crippen LogP contribution in [0.15, 0.2) is 24.3 Å². The molecule has 7 heteroatoms. The molecule has 0 atom stereocenters. The summed E-state index contributed by atoms with van der Waals surface area (Å²) >= 11 is 0. The van der Waals surface area contributed by atoms with E-state index < -0.39 is 6.43 Å².